The highest BCUT2D eigenvalue weighted by molar-refractivity contribution is 6.99. The van der Waals surface area contributed by atoms with Gasteiger partial charge in [0.25, 0.3) is 8.32 Å². The van der Waals surface area contributed by atoms with Crippen LogP contribution in [0.4, 0.5) is 4.79 Å². The Morgan fingerprint density at radius 2 is 1.46 bits per heavy atom. The molecule has 1 aliphatic rings. The van der Waals surface area contributed by atoms with Crippen molar-refractivity contribution in [1.82, 2.24) is 4.90 Å². The van der Waals surface area contributed by atoms with E-state index in [-0.39, 0.29) is 18.2 Å². The Kier molecular flexibility index (Phi) is 10.0. The number of nitrogens with zero attached hydrogens (tertiary/aromatic N) is 1. The van der Waals surface area contributed by atoms with Crippen molar-refractivity contribution in [3.63, 3.8) is 0 Å². The molecule has 1 fully saturated rings. The van der Waals surface area contributed by atoms with E-state index in [1.165, 1.54) is 12.0 Å². The van der Waals surface area contributed by atoms with Crippen LogP contribution in [0.15, 0.2) is 91.0 Å². The second-order valence-electron chi connectivity index (χ2n) is 11.8. The van der Waals surface area contributed by atoms with E-state index in [0.29, 0.717) is 6.61 Å². The number of ether oxygens (including phenoxy) is 2. The van der Waals surface area contributed by atoms with Crippen LogP contribution < -0.4 is 10.4 Å². The molecule has 5 atom stereocenters. The molecule has 1 amide bonds. The maximum absolute atomic E-state index is 12.9. The third-order valence-electron chi connectivity index (χ3n) is 8.16. The number of hydrogen-bond acceptors (Lipinski definition) is 6. The molecule has 0 spiro atoms. The van der Waals surface area contributed by atoms with Crippen LogP contribution in [0.25, 0.3) is 0 Å². The summed E-state index contributed by atoms with van der Waals surface area (Å²) >= 11 is 0. The van der Waals surface area contributed by atoms with Crippen molar-refractivity contribution in [3.8, 4) is 0 Å². The summed E-state index contributed by atoms with van der Waals surface area (Å²) in [5.41, 5.74) is 0.985. The first-order valence-electron chi connectivity index (χ1n) is 14.2. The van der Waals surface area contributed by atoms with Crippen molar-refractivity contribution in [2.75, 3.05) is 20.3 Å². The smallest absolute Gasteiger partial charge is 0.409 e. The van der Waals surface area contributed by atoms with E-state index in [0.717, 1.165) is 15.9 Å². The Balaban J connectivity index is 1.89. The summed E-state index contributed by atoms with van der Waals surface area (Å²) < 4.78 is 19.2. The molecule has 3 aromatic carbocycles. The van der Waals surface area contributed by atoms with Crippen LogP contribution in [-0.4, -0.2) is 74.1 Å². The summed E-state index contributed by atoms with van der Waals surface area (Å²) in [6.45, 7) is 8.38. The number of methoxy groups -OCH3 is 1. The van der Waals surface area contributed by atoms with Crippen molar-refractivity contribution >= 4 is 24.8 Å². The van der Waals surface area contributed by atoms with Gasteiger partial charge in [0, 0.05) is 5.92 Å². The van der Waals surface area contributed by atoms with Crippen LogP contribution in [0.5, 0.6) is 0 Å². The largest absolute Gasteiger partial charge is 0.453 e. The predicted octanol–water partition coefficient (Wildman–Crippen LogP) is 3.96. The van der Waals surface area contributed by atoms with Crippen molar-refractivity contribution in [2.45, 2.75) is 63.7 Å². The van der Waals surface area contributed by atoms with E-state index in [9.17, 15) is 15.0 Å². The minimum absolute atomic E-state index is 0.150. The van der Waals surface area contributed by atoms with Crippen molar-refractivity contribution in [1.29, 1.82) is 0 Å². The number of piperidine rings is 1. The average Bonchev–Trinajstić information content (AvgIpc) is 2.98. The molecule has 0 radical (unpaired) electrons. The zero-order valence-corrected chi connectivity index (χ0v) is 25.6. The van der Waals surface area contributed by atoms with E-state index in [1.54, 1.807) is 6.92 Å². The fourth-order valence-electron chi connectivity index (χ4n) is 6.23. The maximum Gasteiger partial charge on any atom is 0.409 e. The lowest BCUT2D eigenvalue weighted by molar-refractivity contribution is -0.148. The van der Waals surface area contributed by atoms with E-state index in [4.69, 9.17) is 13.9 Å². The van der Waals surface area contributed by atoms with E-state index < -0.39 is 44.7 Å². The molecular formula is C33H43NO6Si. The zero-order valence-electron chi connectivity index (χ0n) is 24.6. The van der Waals surface area contributed by atoms with Gasteiger partial charge >= 0.3 is 6.09 Å². The molecule has 7 nitrogen and oxygen atoms in total. The molecule has 1 aliphatic heterocycles. The van der Waals surface area contributed by atoms with Crippen molar-refractivity contribution in [3.05, 3.63) is 96.6 Å². The number of likely N-dealkylation sites (tertiary alicyclic amines) is 1. The minimum Gasteiger partial charge on any atom is -0.453 e. The fraction of sp³-hybridized carbons (Fsp3) is 0.424. The molecule has 220 valence electrons. The molecule has 1 heterocycles. The van der Waals surface area contributed by atoms with Crippen LogP contribution in [-0.2, 0) is 20.5 Å². The van der Waals surface area contributed by atoms with Crippen molar-refractivity contribution in [2.24, 2.45) is 5.92 Å². The first kappa shape index (κ1) is 30.9. The molecule has 0 aliphatic carbocycles. The highest BCUT2D eigenvalue weighted by atomic mass is 28.4. The average molecular weight is 578 g/mol. The first-order valence-corrected chi connectivity index (χ1v) is 16.1. The number of carbonyl (C=O) groups is 1. The quantitative estimate of drug-likeness (QED) is 0.375. The lowest BCUT2D eigenvalue weighted by Crippen LogP contribution is -2.73. The van der Waals surface area contributed by atoms with Gasteiger partial charge in [-0.2, -0.15) is 0 Å². The summed E-state index contributed by atoms with van der Waals surface area (Å²) in [6, 6.07) is 29.7. The Morgan fingerprint density at radius 3 is 1.90 bits per heavy atom. The Labute approximate surface area is 244 Å². The minimum atomic E-state index is -3.08. The van der Waals surface area contributed by atoms with Gasteiger partial charge in [-0.1, -0.05) is 112 Å². The van der Waals surface area contributed by atoms with E-state index in [2.05, 4.69) is 45.0 Å². The lowest BCUT2D eigenvalue weighted by atomic mass is 9.82. The number of carbonyl (C=O) groups excluding carboxylic acids is 1. The van der Waals surface area contributed by atoms with Gasteiger partial charge in [-0.15, -0.1) is 0 Å². The molecule has 2 N–H and O–H groups in total. The van der Waals surface area contributed by atoms with Gasteiger partial charge in [-0.05, 0) is 27.9 Å². The van der Waals surface area contributed by atoms with Gasteiger partial charge < -0.3 is 24.1 Å². The third kappa shape index (κ3) is 6.42. The van der Waals surface area contributed by atoms with Gasteiger partial charge in [0.2, 0.25) is 0 Å². The molecule has 0 bridgehead atoms. The van der Waals surface area contributed by atoms with E-state index in [1.807, 2.05) is 66.7 Å². The SMILES string of the molecule is COC(=O)N1C[C@H](OCc2ccccc2)[C@@H](O[Si](c2ccccc2)(c2ccccc2)C(C)(C)C)[C@@H]([C@H](C)O)[C@H]1CO. The van der Waals surface area contributed by atoms with Crippen LogP contribution in [0.2, 0.25) is 5.04 Å². The zero-order chi connectivity index (χ0) is 29.6. The molecule has 3 aromatic rings. The highest BCUT2D eigenvalue weighted by Gasteiger charge is 2.57. The van der Waals surface area contributed by atoms with Gasteiger partial charge in [-0.25, -0.2) is 4.79 Å². The Hall–Kier alpha value is -3.01. The Bertz CT molecular complexity index is 1200. The molecule has 0 saturated carbocycles. The lowest BCUT2D eigenvalue weighted by Gasteiger charge is -2.53. The third-order valence-corrected chi connectivity index (χ3v) is 13.2. The Morgan fingerprint density at radius 1 is 0.951 bits per heavy atom. The number of rotatable bonds is 9. The molecule has 1 saturated heterocycles. The number of amides is 1. The molecular weight excluding hydrogens is 534 g/mol. The van der Waals surface area contributed by atoms with Gasteiger partial charge in [0.15, 0.2) is 0 Å². The van der Waals surface area contributed by atoms with Gasteiger partial charge in [-0.3, -0.25) is 4.90 Å². The van der Waals surface area contributed by atoms with Gasteiger partial charge in [0.1, 0.15) is 6.10 Å². The fourth-order valence-corrected chi connectivity index (χ4v) is 11.0. The topological polar surface area (TPSA) is 88.5 Å². The molecule has 0 unspecified atom stereocenters. The summed E-state index contributed by atoms with van der Waals surface area (Å²) in [5, 5.41) is 23.7. The van der Waals surface area contributed by atoms with Crippen molar-refractivity contribution < 1.29 is 28.9 Å². The van der Waals surface area contributed by atoms with Crippen LogP contribution in [0, 0.1) is 5.92 Å². The number of aliphatic hydroxyl groups excluding tert-OH is 2. The van der Waals surface area contributed by atoms with Gasteiger partial charge in [0.05, 0.1) is 45.1 Å². The first-order chi connectivity index (χ1) is 19.6. The standard InChI is InChI=1S/C33H43NO6Si/c1-24(36)30-28(22-35)34(32(37)38-5)21-29(39-23-25-15-9-6-10-16-25)31(30)40-41(33(2,3)4,26-17-11-7-12-18-26)27-19-13-8-14-20-27/h6-20,24,28-31,35-36H,21-23H2,1-5H3/t24-,28+,29-,30-,31+/m0/s1. The summed E-state index contributed by atoms with van der Waals surface area (Å²) in [5.74, 6) is -0.643. The second kappa shape index (κ2) is 13.3. The number of hydrogen-bond donors (Lipinski definition) is 2. The summed E-state index contributed by atoms with van der Waals surface area (Å²) in [6.07, 6.45) is -2.72. The van der Waals surface area contributed by atoms with Crippen LogP contribution >= 0.6 is 0 Å². The normalized spacial score (nSPS) is 22.3. The highest BCUT2D eigenvalue weighted by Crippen LogP contribution is 2.41. The molecule has 41 heavy (non-hydrogen) atoms. The maximum atomic E-state index is 12.9. The number of benzene rings is 3. The monoisotopic (exact) mass is 577 g/mol. The summed E-state index contributed by atoms with van der Waals surface area (Å²) in [4.78, 5) is 14.4. The van der Waals surface area contributed by atoms with E-state index >= 15 is 0 Å². The van der Waals surface area contributed by atoms with Crippen LogP contribution in [0.3, 0.4) is 0 Å². The molecule has 0 aromatic heterocycles. The number of aliphatic hydroxyl groups is 2. The predicted molar refractivity (Wildman–Crippen MR) is 163 cm³/mol. The molecule has 8 heteroatoms. The molecule has 4 rings (SSSR count). The second-order valence-corrected chi connectivity index (χ2v) is 16.0. The van der Waals surface area contributed by atoms with Crippen LogP contribution in [0.1, 0.15) is 33.3 Å². The summed E-state index contributed by atoms with van der Waals surface area (Å²) in [7, 11) is -1.76.